The van der Waals surface area contributed by atoms with Crippen molar-refractivity contribution in [1.29, 1.82) is 0 Å². The van der Waals surface area contributed by atoms with Gasteiger partial charge in [-0.3, -0.25) is 14.2 Å². The largest absolute Gasteiger partial charge is 0.493 e. The first-order valence-electron chi connectivity index (χ1n) is 11.8. The van der Waals surface area contributed by atoms with E-state index in [2.05, 4.69) is 10.3 Å². The molecule has 2 heterocycles. The van der Waals surface area contributed by atoms with Crippen LogP contribution in [0.15, 0.2) is 52.4 Å². The van der Waals surface area contributed by atoms with Crippen molar-refractivity contribution in [1.82, 2.24) is 19.9 Å². The molecule has 2 aromatic heterocycles. The Morgan fingerprint density at radius 1 is 1.11 bits per heavy atom. The monoisotopic (exact) mass is 492 g/mol. The van der Waals surface area contributed by atoms with Crippen LogP contribution in [0.5, 0.6) is 11.5 Å². The number of aromatic amines is 1. The molecule has 0 radical (unpaired) electrons. The fourth-order valence-electron chi connectivity index (χ4n) is 4.68. The van der Waals surface area contributed by atoms with Crippen LogP contribution in [0.3, 0.4) is 0 Å². The molecule has 1 fully saturated rings. The second-order valence-corrected chi connectivity index (χ2v) is 9.60. The summed E-state index contributed by atoms with van der Waals surface area (Å²) in [6.07, 6.45) is 5.57. The van der Waals surface area contributed by atoms with Gasteiger partial charge < -0.3 is 19.8 Å². The number of H-pyrrole nitrogens is 1. The summed E-state index contributed by atoms with van der Waals surface area (Å²) in [6, 6.07) is 13.2. The van der Waals surface area contributed by atoms with E-state index in [1.807, 2.05) is 24.3 Å². The van der Waals surface area contributed by atoms with Gasteiger partial charge in [0.15, 0.2) is 16.7 Å². The summed E-state index contributed by atoms with van der Waals surface area (Å²) in [5, 5.41) is 4.45. The minimum atomic E-state index is -0.242. The summed E-state index contributed by atoms with van der Waals surface area (Å²) in [6.45, 7) is 0. The maximum Gasteiger partial charge on any atom is 0.283 e. The standard InChI is InChI=1S/C26H28N4O4S/c1-33-20-13-12-17(14-21(20)34-2)30-25(32)24-23(18-10-6-7-11-19(18)28-24)29-26(30)35-15-22(31)27-16-8-4-3-5-9-16/h6-7,10-14,16,28H,3-5,8-9,15H2,1-2H3,(H,27,31). The number of methoxy groups -OCH3 is 2. The van der Waals surface area contributed by atoms with Crippen molar-refractivity contribution in [3.63, 3.8) is 0 Å². The molecule has 5 rings (SSSR count). The average molecular weight is 493 g/mol. The van der Waals surface area contributed by atoms with E-state index in [-0.39, 0.29) is 23.3 Å². The van der Waals surface area contributed by atoms with E-state index in [1.54, 1.807) is 32.4 Å². The fourth-order valence-corrected chi connectivity index (χ4v) is 5.49. The Labute approximate surface area is 207 Å². The Morgan fingerprint density at radius 3 is 2.66 bits per heavy atom. The maximum absolute atomic E-state index is 13.7. The van der Waals surface area contributed by atoms with Gasteiger partial charge in [-0.2, -0.15) is 0 Å². The molecule has 0 spiro atoms. The van der Waals surface area contributed by atoms with E-state index in [4.69, 9.17) is 14.5 Å². The number of carbonyl (C=O) groups excluding carboxylic acids is 1. The van der Waals surface area contributed by atoms with Gasteiger partial charge in [0.05, 0.1) is 25.7 Å². The Hall–Kier alpha value is -3.46. The quantitative estimate of drug-likeness (QED) is 0.293. The van der Waals surface area contributed by atoms with Crippen molar-refractivity contribution in [2.24, 2.45) is 0 Å². The third-order valence-electron chi connectivity index (χ3n) is 6.42. The summed E-state index contributed by atoms with van der Waals surface area (Å²) < 4.78 is 12.3. The molecule has 1 amide bonds. The van der Waals surface area contributed by atoms with Crippen molar-refractivity contribution >= 4 is 39.6 Å². The first-order valence-corrected chi connectivity index (χ1v) is 12.8. The van der Waals surface area contributed by atoms with E-state index in [1.165, 1.54) is 22.7 Å². The number of hydrogen-bond acceptors (Lipinski definition) is 6. The Bertz CT molecular complexity index is 1440. The van der Waals surface area contributed by atoms with Gasteiger partial charge >= 0.3 is 0 Å². The van der Waals surface area contributed by atoms with Gasteiger partial charge in [-0.1, -0.05) is 49.2 Å². The van der Waals surface area contributed by atoms with Crippen molar-refractivity contribution < 1.29 is 14.3 Å². The number of para-hydroxylation sites is 1. The molecule has 0 aliphatic heterocycles. The lowest BCUT2D eigenvalue weighted by atomic mass is 9.95. The number of ether oxygens (including phenoxy) is 2. The van der Waals surface area contributed by atoms with E-state index >= 15 is 0 Å². The molecule has 0 saturated heterocycles. The number of nitrogens with one attached hydrogen (secondary N) is 2. The maximum atomic E-state index is 13.7. The van der Waals surface area contributed by atoms with Crippen LogP contribution in [-0.2, 0) is 4.79 Å². The minimum Gasteiger partial charge on any atom is -0.493 e. The third kappa shape index (κ3) is 4.60. The summed E-state index contributed by atoms with van der Waals surface area (Å²) in [4.78, 5) is 34.6. The fraction of sp³-hybridized carbons (Fsp3) is 0.346. The first-order chi connectivity index (χ1) is 17.1. The molecule has 2 aromatic carbocycles. The second kappa shape index (κ2) is 10.0. The smallest absolute Gasteiger partial charge is 0.283 e. The van der Waals surface area contributed by atoms with Gasteiger partial charge in [-0.05, 0) is 31.0 Å². The molecule has 0 bridgehead atoms. The SMILES string of the molecule is COc1ccc(-n2c(SCC(=O)NC3CCCCC3)nc3c([nH]c4ccccc43)c2=O)cc1OC. The van der Waals surface area contributed by atoms with Crippen LogP contribution in [-0.4, -0.2) is 46.5 Å². The van der Waals surface area contributed by atoms with Gasteiger partial charge in [-0.25, -0.2) is 4.98 Å². The first kappa shape index (κ1) is 23.3. The van der Waals surface area contributed by atoms with Crippen molar-refractivity contribution in [2.75, 3.05) is 20.0 Å². The summed E-state index contributed by atoms with van der Waals surface area (Å²) in [5.74, 6) is 1.18. The van der Waals surface area contributed by atoms with Crippen molar-refractivity contribution in [3.8, 4) is 17.2 Å². The van der Waals surface area contributed by atoms with Crippen LogP contribution in [0.4, 0.5) is 0 Å². The molecule has 1 saturated carbocycles. The van der Waals surface area contributed by atoms with E-state index in [0.717, 1.165) is 36.6 Å². The Morgan fingerprint density at radius 2 is 1.89 bits per heavy atom. The highest BCUT2D eigenvalue weighted by Crippen LogP contribution is 2.31. The second-order valence-electron chi connectivity index (χ2n) is 8.66. The highest BCUT2D eigenvalue weighted by atomic mass is 32.2. The molecule has 1 aliphatic rings. The van der Waals surface area contributed by atoms with Crippen molar-refractivity contribution in [3.05, 3.63) is 52.8 Å². The van der Waals surface area contributed by atoms with Crippen LogP contribution in [0.25, 0.3) is 27.6 Å². The van der Waals surface area contributed by atoms with E-state index in [0.29, 0.717) is 33.4 Å². The minimum absolute atomic E-state index is 0.0472. The number of rotatable bonds is 7. The highest BCUT2D eigenvalue weighted by Gasteiger charge is 2.20. The van der Waals surface area contributed by atoms with Gasteiger partial charge in [0.2, 0.25) is 5.91 Å². The van der Waals surface area contributed by atoms with Gasteiger partial charge in [0, 0.05) is 23.0 Å². The molecular weight excluding hydrogens is 464 g/mol. The average Bonchev–Trinajstić information content (AvgIpc) is 3.27. The normalized spacial score (nSPS) is 14.3. The lowest BCUT2D eigenvalue weighted by molar-refractivity contribution is -0.119. The summed E-state index contributed by atoms with van der Waals surface area (Å²) in [5.41, 5.74) is 2.18. The number of benzene rings is 2. The molecule has 35 heavy (non-hydrogen) atoms. The molecule has 0 atom stereocenters. The van der Waals surface area contributed by atoms with Crippen LogP contribution in [0.2, 0.25) is 0 Å². The lowest BCUT2D eigenvalue weighted by Crippen LogP contribution is -2.37. The van der Waals surface area contributed by atoms with Gasteiger partial charge in [0.25, 0.3) is 5.56 Å². The zero-order valence-corrected chi connectivity index (χ0v) is 20.6. The molecular formula is C26H28N4O4S. The predicted octanol–water partition coefficient (Wildman–Crippen LogP) is 4.43. The highest BCUT2D eigenvalue weighted by molar-refractivity contribution is 7.99. The van der Waals surface area contributed by atoms with Crippen molar-refractivity contribution in [2.45, 2.75) is 43.3 Å². The molecule has 8 nitrogen and oxygen atoms in total. The Kier molecular flexibility index (Phi) is 6.68. The summed E-state index contributed by atoms with van der Waals surface area (Å²) in [7, 11) is 3.11. The lowest BCUT2D eigenvalue weighted by Gasteiger charge is -2.22. The topological polar surface area (TPSA) is 98.2 Å². The zero-order chi connectivity index (χ0) is 24.4. The molecule has 182 valence electrons. The molecule has 1 aliphatic carbocycles. The van der Waals surface area contributed by atoms with E-state index < -0.39 is 0 Å². The molecule has 9 heteroatoms. The zero-order valence-electron chi connectivity index (χ0n) is 19.8. The number of aromatic nitrogens is 3. The number of fused-ring (bicyclic) bond motifs is 3. The van der Waals surface area contributed by atoms with Crippen LogP contribution in [0.1, 0.15) is 32.1 Å². The van der Waals surface area contributed by atoms with Crippen LogP contribution in [0, 0.1) is 0 Å². The van der Waals surface area contributed by atoms with Gasteiger partial charge in [-0.15, -0.1) is 0 Å². The summed E-state index contributed by atoms with van der Waals surface area (Å²) >= 11 is 1.26. The molecule has 0 unspecified atom stereocenters. The third-order valence-corrected chi connectivity index (χ3v) is 7.36. The number of thioether (sulfide) groups is 1. The number of carbonyl (C=O) groups is 1. The molecule has 4 aromatic rings. The number of amides is 1. The van der Waals surface area contributed by atoms with E-state index in [9.17, 15) is 9.59 Å². The number of nitrogens with zero attached hydrogens (tertiary/aromatic N) is 2. The van der Waals surface area contributed by atoms with Crippen LogP contribution < -0.4 is 20.3 Å². The van der Waals surface area contributed by atoms with Gasteiger partial charge in [0.1, 0.15) is 11.0 Å². The molecule has 2 N–H and O–H groups in total. The predicted molar refractivity (Wildman–Crippen MR) is 138 cm³/mol. The Balaban J connectivity index is 1.57. The number of hydrogen-bond donors (Lipinski definition) is 2. The van der Waals surface area contributed by atoms with Crippen LogP contribution >= 0.6 is 11.8 Å².